The van der Waals surface area contributed by atoms with Gasteiger partial charge in [-0.2, -0.15) is 11.1 Å². The predicted molar refractivity (Wildman–Crippen MR) is 144 cm³/mol. The molecule has 0 aliphatic rings. The zero-order valence-corrected chi connectivity index (χ0v) is 27.3. The maximum atomic E-state index is 2.47. The summed E-state index contributed by atoms with van der Waals surface area (Å²) in [4.78, 5) is 0. The molecule has 0 saturated heterocycles. The summed E-state index contributed by atoms with van der Waals surface area (Å²) in [7, 11) is -1.50. The van der Waals surface area contributed by atoms with Gasteiger partial charge in [0.2, 0.25) is 0 Å². The van der Waals surface area contributed by atoms with Crippen LogP contribution in [0.1, 0.15) is 44.5 Å². The van der Waals surface area contributed by atoms with Crippen molar-refractivity contribution in [3.8, 4) is 11.1 Å². The summed E-state index contributed by atoms with van der Waals surface area (Å²) in [5, 5.41) is 3.18. The van der Waals surface area contributed by atoms with Crippen LogP contribution in [0.15, 0.2) is 66.7 Å². The van der Waals surface area contributed by atoms with E-state index in [1.165, 1.54) is 50.1 Å². The van der Waals surface area contributed by atoms with Gasteiger partial charge in [0.15, 0.2) is 0 Å². The van der Waals surface area contributed by atoms with E-state index in [1.807, 2.05) is 0 Å². The van der Waals surface area contributed by atoms with E-state index in [-0.39, 0.29) is 58.9 Å². The van der Waals surface area contributed by atoms with Gasteiger partial charge in [0.25, 0.3) is 0 Å². The van der Waals surface area contributed by atoms with Crippen LogP contribution in [0.2, 0.25) is 0 Å². The third-order valence-electron chi connectivity index (χ3n) is 7.35. The predicted octanol–water partition coefficient (Wildman–Crippen LogP) is -2.64. The van der Waals surface area contributed by atoms with Crippen molar-refractivity contribution in [1.82, 2.24) is 0 Å². The molecule has 0 radical (unpaired) electrons. The number of rotatable bonds is 5. The summed E-state index contributed by atoms with van der Waals surface area (Å²) in [6.07, 6.45) is 0. The zero-order valence-electron chi connectivity index (χ0n) is 22.3. The van der Waals surface area contributed by atoms with Gasteiger partial charge in [-0.1, -0.05) is 132 Å². The Bertz CT molecular complexity index is 1230. The van der Waals surface area contributed by atoms with E-state index in [9.17, 15) is 0 Å². The molecule has 188 valence electrons. The summed E-state index contributed by atoms with van der Waals surface area (Å²) >= 11 is 0. The van der Waals surface area contributed by atoms with Crippen molar-refractivity contribution in [3.63, 3.8) is 0 Å². The van der Waals surface area contributed by atoms with Crippen molar-refractivity contribution < 1.29 is 58.9 Å². The minimum atomic E-state index is -1.50. The second-order valence-electron chi connectivity index (χ2n) is 9.57. The van der Waals surface area contributed by atoms with Crippen LogP contribution >= 0.6 is 0 Å². The molecule has 5 heteroatoms. The molecule has 4 aromatic rings. The van der Waals surface area contributed by atoms with E-state index >= 15 is 0 Å². The fraction of sp³-hybridized carbons (Fsp3) is 0.258. The molecule has 0 N–H and O–H groups in total. The van der Waals surface area contributed by atoms with E-state index in [1.54, 1.807) is 15.9 Å². The van der Waals surface area contributed by atoms with Crippen molar-refractivity contribution in [3.05, 3.63) is 111 Å². The molecule has 0 spiro atoms. The van der Waals surface area contributed by atoms with E-state index in [0.29, 0.717) is 0 Å². The smallest absolute Gasteiger partial charge is 1.00 e. The number of hydrogen-bond acceptors (Lipinski definition) is 0. The van der Waals surface area contributed by atoms with Crippen LogP contribution < -0.4 is 47.6 Å². The second-order valence-corrected chi connectivity index (χ2v) is 12.3. The Morgan fingerprint density at radius 1 is 0.611 bits per heavy atom. The average Bonchev–Trinajstić information content (AvgIpc) is 2.99. The molecule has 0 fully saturated rings. The number of hydrogen-bond donors (Lipinski definition) is 0. The molecule has 36 heavy (non-hydrogen) atoms. The van der Waals surface area contributed by atoms with Crippen LogP contribution in [0.25, 0.3) is 11.1 Å². The van der Waals surface area contributed by atoms with Crippen molar-refractivity contribution in [1.29, 1.82) is 0 Å². The van der Waals surface area contributed by atoms with Gasteiger partial charge in [-0.25, -0.2) is 0 Å². The van der Waals surface area contributed by atoms with E-state index in [0.717, 1.165) is 6.04 Å². The Kier molecular flexibility index (Phi) is 14.2. The van der Waals surface area contributed by atoms with Crippen LogP contribution in [0.5, 0.6) is 0 Å². The first-order valence-electron chi connectivity index (χ1n) is 11.7. The quantitative estimate of drug-likeness (QED) is 0.177. The molecule has 4 aromatic carbocycles. The van der Waals surface area contributed by atoms with E-state index in [2.05, 4.69) is 115 Å². The average molecular weight is 590 g/mol. The molecule has 0 aromatic heterocycles. The summed E-state index contributed by atoms with van der Waals surface area (Å²) in [6, 6.07) is 26.2. The minimum Gasteiger partial charge on any atom is -1.00 e. The van der Waals surface area contributed by atoms with Gasteiger partial charge in [0.1, 0.15) is 0 Å². The Morgan fingerprint density at radius 3 is 1.56 bits per heavy atom. The van der Waals surface area contributed by atoms with Crippen molar-refractivity contribution in [2.75, 3.05) is 0 Å². The summed E-state index contributed by atoms with van der Waals surface area (Å²) < 4.78 is 0. The Hall–Kier alpha value is -1.19. The Labute approximate surface area is 253 Å². The topological polar surface area (TPSA) is 0 Å². The maximum absolute atomic E-state index is 2.47. The zero-order chi connectivity index (χ0) is 23.0. The van der Waals surface area contributed by atoms with Gasteiger partial charge in [0.05, 0.1) is 8.80 Å². The number of aryl methyl sites for hydroxylation is 4. The molecule has 0 bridgehead atoms. The van der Waals surface area contributed by atoms with Crippen LogP contribution in [-0.4, -0.2) is 8.80 Å². The number of halogens is 3. The molecule has 0 aliphatic carbocycles. The Balaban J connectivity index is 0.00000306. The molecule has 0 saturated carbocycles. The van der Waals surface area contributed by atoms with E-state index in [4.69, 9.17) is 0 Å². The minimum absolute atomic E-state index is 0. The molecule has 0 unspecified atom stereocenters. The normalized spacial score (nSPS) is 10.1. The third kappa shape index (κ3) is 7.01. The summed E-state index contributed by atoms with van der Waals surface area (Å²) in [6.45, 7) is 16.0. The van der Waals surface area contributed by atoms with Gasteiger partial charge in [-0.05, 0) is 27.7 Å². The fourth-order valence-corrected chi connectivity index (χ4v) is 9.14. The van der Waals surface area contributed by atoms with Gasteiger partial charge in [-0.3, -0.25) is 0 Å². The molecule has 0 aliphatic heterocycles. The van der Waals surface area contributed by atoms with Crippen molar-refractivity contribution >= 4 is 19.2 Å². The standard InChI is InChI=1S/C31H35Si.3ClH.Ti/c1-20-13-15-22(3)29(17-20)32(30-18-21(2)14-16-23(30)4)19-28-25(6)24(5)26(7)31(28)27-11-9-8-10-12-27;;;;/h8-18,32H,19H2,1-7H3;3*1H;/q-1;;;;+4/p-3. The molecule has 0 atom stereocenters. The van der Waals surface area contributed by atoms with E-state index < -0.39 is 8.80 Å². The van der Waals surface area contributed by atoms with Gasteiger partial charge < -0.3 is 37.2 Å². The first-order valence-corrected chi connectivity index (χ1v) is 13.7. The van der Waals surface area contributed by atoms with Crippen LogP contribution in [0, 0.1) is 48.5 Å². The first kappa shape index (κ1) is 34.8. The molecule has 0 heterocycles. The van der Waals surface area contributed by atoms with Gasteiger partial charge in [0, 0.05) is 0 Å². The largest absolute Gasteiger partial charge is 4.00 e. The molecule has 4 rings (SSSR count). The van der Waals surface area contributed by atoms with Crippen molar-refractivity contribution in [2.45, 2.75) is 54.5 Å². The third-order valence-corrected chi connectivity index (χ3v) is 10.9. The summed E-state index contributed by atoms with van der Waals surface area (Å²) in [5.74, 6) is 0. The molecular weight excluding hydrogens is 555 g/mol. The molecular formula is C31H35Cl3SiTi. The molecule has 0 nitrogen and oxygen atoms in total. The monoisotopic (exact) mass is 588 g/mol. The first-order chi connectivity index (χ1) is 15.3. The number of benzene rings is 3. The second kappa shape index (κ2) is 14.7. The summed E-state index contributed by atoms with van der Waals surface area (Å²) in [5.41, 5.74) is 14.4. The van der Waals surface area contributed by atoms with Crippen LogP contribution in [0.4, 0.5) is 0 Å². The van der Waals surface area contributed by atoms with Crippen molar-refractivity contribution in [2.24, 2.45) is 0 Å². The fourth-order valence-electron chi connectivity index (χ4n) is 5.22. The van der Waals surface area contributed by atoms with Crippen LogP contribution in [0.3, 0.4) is 0 Å². The SMILES string of the molecule is Cc1ccc(C)c([SiH](C[c-]2c(C)c(C)c(C)c2-c2ccccc2)c2cc(C)ccc2C)c1.[Cl-].[Cl-].[Cl-].[Ti+4]. The Morgan fingerprint density at radius 2 is 1.08 bits per heavy atom. The van der Waals surface area contributed by atoms with Gasteiger partial charge in [-0.15, -0.1) is 16.7 Å². The molecule has 0 amide bonds. The maximum Gasteiger partial charge on any atom is 4.00 e. The van der Waals surface area contributed by atoms with Gasteiger partial charge >= 0.3 is 21.7 Å². The van der Waals surface area contributed by atoms with Crippen LogP contribution in [-0.2, 0) is 27.8 Å².